The molecule has 0 bridgehead atoms. The highest BCUT2D eigenvalue weighted by Crippen LogP contribution is 2.29. The fourth-order valence-electron chi connectivity index (χ4n) is 1.77. The largest absolute Gasteiger partial charge is 0.478 e. The Bertz CT molecular complexity index is 727. The highest BCUT2D eigenvalue weighted by molar-refractivity contribution is 6.31. The summed E-state index contributed by atoms with van der Waals surface area (Å²) in [5.74, 6) is -4.68. The Morgan fingerprint density at radius 3 is 1.86 bits per heavy atom. The van der Waals surface area contributed by atoms with Crippen molar-refractivity contribution in [2.75, 3.05) is 0 Å². The van der Waals surface area contributed by atoms with Gasteiger partial charge in [0.2, 0.25) is 0 Å². The lowest BCUT2D eigenvalue weighted by Crippen LogP contribution is -2.03. The summed E-state index contributed by atoms with van der Waals surface area (Å²) in [7, 11) is 0. The molecule has 7 heteroatoms. The SMILES string of the molecule is O=C(O)c1cc(C(=O)O)cc(-c2cc(Cl)c(F)cc2F)c1. The predicted molar refractivity (Wildman–Crippen MR) is 70.7 cm³/mol. The number of carboxylic acids is 2. The van der Waals surface area contributed by atoms with Crippen LogP contribution < -0.4 is 0 Å². The minimum absolute atomic E-state index is 0.0216. The van der Waals surface area contributed by atoms with Gasteiger partial charge in [0.15, 0.2) is 0 Å². The summed E-state index contributed by atoms with van der Waals surface area (Å²) in [4.78, 5) is 22.0. The molecule has 4 nitrogen and oxygen atoms in total. The number of carbonyl (C=O) groups is 2. The number of halogens is 3. The molecule has 0 spiro atoms. The third-order valence-electron chi connectivity index (χ3n) is 2.75. The van der Waals surface area contributed by atoms with E-state index in [1.165, 1.54) is 0 Å². The smallest absolute Gasteiger partial charge is 0.335 e. The minimum Gasteiger partial charge on any atom is -0.478 e. The van der Waals surface area contributed by atoms with Crippen molar-refractivity contribution < 1.29 is 28.6 Å². The fraction of sp³-hybridized carbons (Fsp3) is 0. The van der Waals surface area contributed by atoms with Crippen LogP contribution in [-0.2, 0) is 0 Å². The van der Waals surface area contributed by atoms with Crippen LogP contribution in [0.3, 0.4) is 0 Å². The zero-order chi connectivity index (χ0) is 15.7. The van der Waals surface area contributed by atoms with Crippen molar-refractivity contribution in [2.45, 2.75) is 0 Å². The first-order valence-electron chi connectivity index (χ1n) is 5.56. The Morgan fingerprint density at radius 2 is 1.38 bits per heavy atom. The van der Waals surface area contributed by atoms with Crippen LogP contribution in [0.5, 0.6) is 0 Å². The first-order valence-corrected chi connectivity index (χ1v) is 5.94. The quantitative estimate of drug-likeness (QED) is 0.848. The molecular formula is C14H7ClF2O4. The van der Waals surface area contributed by atoms with Crippen LogP contribution >= 0.6 is 11.6 Å². The first kappa shape index (κ1) is 14.9. The number of hydrogen-bond donors (Lipinski definition) is 2. The highest BCUT2D eigenvalue weighted by Gasteiger charge is 2.16. The van der Waals surface area contributed by atoms with E-state index < -0.39 is 23.6 Å². The second-order valence-electron chi connectivity index (χ2n) is 4.16. The van der Waals surface area contributed by atoms with Gasteiger partial charge in [-0.05, 0) is 29.8 Å². The summed E-state index contributed by atoms with van der Waals surface area (Å²) in [6.45, 7) is 0. The molecule has 0 amide bonds. The van der Waals surface area contributed by atoms with Gasteiger partial charge in [0.25, 0.3) is 0 Å². The van der Waals surface area contributed by atoms with Gasteiger partial charge in [0.05, 0.1) is 16.1 Å². The number of rotatable bonds is 3. The van der Waals surface area contributed by atoms with Crippen LogP contribution in [0.1, 0.15) is 20.7 Å². The Kier molecular flexibility index (Phi) is 3.90. The first-order chi connectivity index (χ1) is 9.79. The molecule has 2 aromatic rings. The molecule has 0 unspecified atom stereocenters. The Labute approximate surface area is 122 Å². The van der Waals surface area contributed by atoms with E-state index in [1.807, 2.05) is 0 Å². The van der Waals surface area contributed by atoms with E-state index >= 15 is 0 Å². The number of aromatic carboxylic acids is 2. The normalized spacial score (nSPS) is 10.4. The van der Waals surface area contributed by atoms with Crippen molar-refractivity contribution >= 4 is 23.5 Å². The van der Waals surface area contributed by atoms with Gasteiger partial charge in [-0.2, -0.15) is 0 Å². The zero-order valence-corrected chi connectivity index (χ0v) is 11.0. The van der Waals surface area contributed by atoms with Gasteiger partial charge in [-0.15, -0.1) is 0 Å². The van der Waals surface area contributed by atoms with Crippen molar-refractivity contribution in [1.82, 2.24) is 0 Å². The molecule has 0 aromatic heterocycles. The fourth-order valence-corrected chi connectivity index (χ4v) is 1.94. The Balaban J connectivity index is 2.71. The second kappa shape index (κ2) is 5.49. The molecule has 0 aliphatic rings. The predicted octanol–water partition coefficient (Wildman–Crippen LogP) is 3.68. The van der Waals surface area contributed by atoms with Gasteiger partial charge in [0.1, 0.15) is 11.6 Å². The van der Waals surface area contributed by atoms with Gasteiger partial charge in [-0.1, -0.05) is 11.6 Å². The summed E-state index contributed by atoms with van der Waals surface area (Å²) in [6, 6.07) is 4.63. The second-order valence-corrected chi connectivity index (χ2v) is 4.56. The third kappa shape index (κ3) is 3.00. The summed E-state index contributed by atoms with van der Waals surface area (Å²) in [6.07, 6.45) is 0. The molecule has 0 radical (unpaired) electrons. The molecule has 0 heterocycles. The maximum Gasteiger partial charge on any atom is 0.335 e. The average molecular weight is 313 g/mol. The molecule has 21 heavy (non-hydrogen) atoms. The third-order valence-corrected chi connectivity index (χ3v) is 3.04. The Hall–Kier alpha value is -2.47. The molecule has 0 aliphatic heterocycles. The molecule has 2 aromatic carbocycles. The van der Waals surface area contributed by atoms with Crippen molar-refractivity contribution in [1.29, 1.82) is 0 Å². The van der Waals surface area contributed by atoms with Crippen LogP contribution in [0, 0.1) is 11.6 Å². The van der Waals surface area contributed by atoms with Gasteiger partial charge in [-0.25, -0.2) is 18.4 Å². The monoisotopic (exact) mass is 312 g/mol. The lowest BCUT2D eigenvalue weighted by molar-refractivity contribution is 0.0696. The number of carboxylic acid groups (broad SMARTS) is 2. The summed E-state index contributed by atoms with van der Waals surface area (Å²) in [5, 5.41) is 17.6. The van der Waals surface area contributed by atoms with E-state index in [4.69, 9.17) is 21.8 Å². The maximum absolute atomic E-state index is 13.8. The van der Waals surface area contributed by atoms with Crippen molar-refractivity contribution in [3.63, 3.8) is 0 Å². The van der Waals surface area contributed by atoms with Crippen LogP contribution in [0.15, 0.2) is 30.3 Å². The van der Waals surface area contributed by atoms with E-state index in [0.29, 0.717) is 6.07 Å². The standard InChI is InChI=1S/C14H7ClF2O4/c15-10-4-9(11(16)5-12(10)17)6-1-7(13(18)19)3-8(2-6)14(20)21/h1-5H,(H,18,19)(H,20,21). The molecule has 0 atom stereocenters. The zero-order valence-electron chi connectivity index (χ0n) is 10.2. The Morgan fingerprint density at radius 1 is 0.857 bits per heavy atom. The molecule has 2 rings (SSSR count). The number of hydrogen-bond acceptors (Lipinski definition) is 2. The average Bonchev–Trinajstić information content (AvgIpc) is 2.42. The molecule has 2 N–H and O–H groups in total. The minimum atomic E-state index is -1.37. The van der Waals surface area contributed by atoms with Gasteiger partial charge in [-0.3, -0.25) is 0 Å². The molecule has 0 saturated carbocycles. The molecular weight excluding hydrogens is 306 g/mol. The van der Waals surface area contributed by atoms with E-state index in [1.54, 1.807) is 0 Å². The van der Waals surface area contributed by atoms with Crippen molar-refractivity contribution in [3.8, 4) is 11.1 Å². The molecule has 0 aliphatic carbocycles. The molecule has 108 valence electrons. The van der Waals surface area contributed by atoms with E-state index in [2.05, 4.69) is 0 Å². The van der Waals surface area contributed by atoms with Crippen molar-refractivity contribution in [3.05, 3.63) is 58.1 Å². The van der Waals surface area contributed by atoms with Crippen LogP contribution in [-0.4, -0.2) is 22.2 Å². The van der Waals surface area contributed by atoms with Crippen molar-refractivity contribution in [2.24, 2.45) is 0 Å². The van der Waals surface area contributed by atoms with E-state index in [-0.39, 0.29) is 27.3 Å². The lowest BCUT2D eigenvalue weighted by Gasteiger charge is -2.08. The van der Waals surface area contributed by atoms with Crippen LogP contribution in [0.2, 0.25) is 5.02 Å². The van der Waals surface area contributed by atoms with Gasteiger partial charge < -0.3 is 10.2 Å². The van der Waals surface area contributed by atoms with E-state index in [9.17, 15) is 18.4 Å². The summed E-state index contributed by atoms with van der Waals surface area (Å²) in [5.41, 5.74) is -0.867. The molecule has 0 saturated heterocycles. The summed E-state index contributed by atoms with van der Waals surface area (Å²) < 4.78 is 26.9. The lowest BCUT2D eigenvalue weighted by atomic mass is 9.99. The number of benzene rings is 2. The maximum atomic E-state index is 13.8. The van der Waals surface area contributed by atoms with Crippen LogP contribution in [0.4, 0.5) is 8.78 Å². The van der Waals surface area contributed by atoms with Gasteiger partial charge in [0, 0.05) is 11.6 Å². The topological polar surface area (TPSA) is 74.6 Å². The van der Waals surface area contributed by atoms with E-state index in [0.717, 1.165) is 24.3 Å². The highest BCUT2D eigenvalue weighted by atomic mass is 35.5. The molecule has 0 fully saturated rings. The van der Waals surface area contributed by atoms with Crippen LogP contribution in [0.25, 0.3) is 11.1 Å². The summed E-state index contributed by atoms with van der Waals surface area (Å²) >= 11 is 5.57. The van der Waals surface area contributed by atoms with Gasteiger partial charge >= 0.3 is 11.9 Å².